The maximum Gasteiger partial charge on any atom is 0.147 e. The molecule has 0 aromatic rings. The van der Waals surface area contributed by atoms with E-state index in [1.807, 2.05) is 0 Å². The van der Waals surface area contributed by atoms with Crippen LogP contribution in [0, 0.1) is 10.8 Å². The molecule has 0 rings (SSSR count). The Kier molecular flexibility index (Phi) is 16.4. The fourth-order valence-electron chi connectivity index (χ4n) is 4.69. The highest BCUT2D eigenvalue weighted by atomic mass is 32.2. The van der Waals surface area contributed by atoms with Crippen LogP contribution in [0.5, 0.6) is 0 Å². The molecule has 0 bridgehead atoms. The van der Waals surface area contributed by atoms with Crippen molar-refractivity contribution in [2.75, 3.05) is 31.8 Å². The van der Waals surface area contributed by atoms with Crippen LogP contribution in [-0.4, -0.2) is 45.4 Å². The van der Waals surface area contributed by atoms with Crippen molar-refractivity contribution in [1.29, 1.82) is 0 Å². The van der Waals surface area contributed by atoms with Crippen LogP contribution in [0.1, 0.15) is 118 Å². The van der Waals surface area contributed by atoms with Crippen LogP contribution >= 0.6 is 0 Å². The van der Waals surface area contributed by atoms with Gasteiger partial charge in [-0.15, -0.1) is 0 Å². The van der Waals surface area contributed by atoms with E-state index in [9.17, 15) is 8.42 Å². The second-order valence-electron chi connectivity index (χ2n) is 9.50. The maximum absolute atomic E-state index is 11.5. The van der Waals surface area contributed by atoms with Gasteiger partial charge in [0.2, 0.25) is 0 Å². The molecule has 0 radical (unpaired) electrons. The molecule has 0 fully saturated rings. The van der Waals surface area contributed by atoms with E-state index >= 15 is 0 Å². The molecule has 0 saturated carbocycles. The molecule has 30 heavy (non-hydrogen) atoms. The van der Waals surface area contributed by atoms with E-state index < -0.39 is 9.84 Å². The molecule has 0 aliphatic heterocycles. The van der Waals surface area contributed by atoms with Crippen molar-refractivity contribution >= 4 is 9.84 Å². The highest BCUT2D eigenvalue weighted by Gasteiger charge is 2.27. The van der Waals surface area contributed by atoms with Gasteiger partial charge in [-0.25, -0.2) is 8.42 Å². The Bertz CT molecular complexity index is 493. The van der Waals surface area contributed by atoms with E-state index in [2.05, 4.69) is 27.7 Å². The predicted octanol–water partition coefficient (Wildman–Crippen LogP) is 6.55. The summed E-state index contributed by atoms with van der Waals surface area (Å²) in [4.78, 5) is 0. The second kappa shape index (κ2) is 16.5. The summed E-state index contributed by atoms with van der Waals surface area (Å²) in [6.45, 7) is 11.0. The van der Waals surface area contributed by atoms with Crippen molar-refractivity contribution in [3.63, 3.8) is 0 Å². The molecule has 0 aliphatic rings. The molecule has 0 saturated heterocycles. The van der Waals surface area contributed by atoms with Crippen molar-refractivity contribution in [1.82, 2.24) is 0 Å². The summed E-state index contributed by atoms with van der Waals surface area (Å²) in [7, 11) is -2.88. The summed E-state index contributed by atoms with van der Waals surface area (Å²) in [6.07, 6.45) is 16.9. The maximum atomic E-state index is 11.5. The molecule has 1 N–H and O–H groups in total. The predicted molar refractivity (Wildman–Crippen MR) is 130 cm³/mol. The van der Waals surface area contributed by atoms with Crippen LogP contribution in [0.25, 0.3) is 0 Å². The van der Waals surface area contributed by atoms with Crippen LogP contribution in [-0.2, 0) is 14.6 Å². The number of sulfone groups is 1. The van der Waals surface area contributed by atoms with Gasteiger partial charge in [0.15, 0.2) is 0 Å². The zero-order valence-electron chi connectivity index (χ0n) is 20.8. The monoisotopic (exact) mass is 448 g/mol. The first-order valence-electron chi connectivity index (χ1n) is 12.6. The number of aliphatic hydroxyl groups excluding tert-OH is 1. The lowest BCUT2D eigenvalue weighted by Crippen LogP contribution is -2.23. The first-order chi connectivity index (χ1) is 14.2. The molecule has 0 spiro atoms. The third kappa shape index (κ3) is 13.3. The Balaban J connectivity index is 4.01. The average molecular weight is 449 g/mol. The lowest BCUT2D eigenvalue weighted by Gasteiger charge is -2.32. The van der Waals surface area contributed by atoms with Crippen LogP contribution in [0.3, 0.4) is 0 Å². The Morgan fingerprint density at radius 1 is 0.667 bits per heavy atom. The fourth-order valence-corrected chi connectivity index (χ4v) is 5.49. The Morgan fingerprint density at radius 3 is 1.43 bits per heavy atom. The Labute approximate surface area is 188 Å². The highest BCUT2D eigenvalue weighted by molar-refractivity contribution is 7.90. The van der Waals surface area contributed by atoms with Crippen LogP contribution in [0.2, 0.25) is 0 Å². The first kappa shape index (κ1) is 29.9. The molecule has 0 atom stereocenters. The van der Waals surface area contributed by atoms with Gasteiger partial charge in [0.05, 0.1) is 5.75 Å². The Morgan fingerprint density at radius 2 is 1.07 bits per heavy atom. The molecule has 0 aliphatic carbocycles. The fraction of sp³-hybridized carbons (Fsp3) is 1.00. The molecule has 0 amide bonds. The van der Waals surface area contributed by atoms with Crippen LogP contribution in [0.15, 0.2) is 0 Å². The van der Waals surface area contributed by atoms with E-state index in [0.29, 0.717) is 17.8 Å². The molecule has 0 aromatic carbocycles. The van der Waals surface area contributed by atoms with E-state index in [-0.39, 0.29) is 5.41 Å². The zero-order valence-corrected chi connectivity index (χ0v) is 21.6. The lowest BCUT2D eigenvalue weighted by atomic mass is 9.74. The van der Waals surface area contributed by atoms with Gasteiger partial charge in [0.25, 0.3) is 0 Å². The standard InChI is InChI=1S/C25H52O4S/c1-6-24(7-2,16-10-13-20-26)17-11-14-21-29-22-15-12-18-25(8-3,9-4)19-23-30(5,27)28/h26H,6-23H2,1-5H3. The number of aliphatic hydroxyl groups is 1. The quantitative estimate of drug-likeness (QED) is 0.202. The van der Waals surface area contributed by atoms with Gasteiger partial charge < -0.3 is 9.84 Å². The lowest BCUT2D eigenvalue weighted by molar-refractivity contribution is 0.114. The summed E-state index contributed by atoms with van der Waals surface area (Å²) >= 11 is 0. The minimum Gasteiger partial charge on any atom is -0.396 e. The second-order valence-corrected chi connectivity index (χ2v) is 11.8. The number of unbranched alkanes of at least 4 members (excludes halogenated alkanes) is 3. The van der Waals surface area contributed by atoms with Gasteiger partial charge in [0.1, 0.15) is 9.84 Å². The number of hydrogen-bond acceptors (Lipinski definition) is 4. The van der Waals surface area contributed by atoms with Crippen molar-refractivity contribution < 1.29 is 18.3 Å². The summed E-state index contributed by atoms with van der Waals surface area (Å²) < 4.78 is 29.0. The first-order valence-corrected chi connectivity index (χ1v) is 14.6. The van der Waals surface area contributed by atoms with Crippen molar-refractivity contribution in [3.8, 4) is 0 Å². The molecule has 0 unspecified atom stereocenters. The highest BCUT2D eigenvalue weighted by Crippen LogP contribution is 2.38. The SMILES string of the molecule is CCC(CC)(CCCCO)CCCCOCCCCC(CC)(CC)CCS(C)(=O)=O. The summed E-state index contributed by atoms with van der Waals surface area (Å²) in [5, 5.41) is 9.03. The molecule has 0 heterocycles. The topological polar surface area (TPSA) is 63.6 Å². The molecular formula is C25H52O4S. The van der Waals surface area contributed by atoms with Gasteiger partial charge in [-0.05, 0) is 55.8 Å². The van der Waals surface area contributed by atoms with Gasteiger partial charge in [-0.2, -0.15) is 0 Å². The third-order valence-corrected chi connectivity index (χ3v) is 8.56. The normalized spacial score (nSPS) is 13.1. The van der Waals surface area contributed by atoms with E-state index in [0.717, 1.165) is 71.0 Å². The van der Waals surface area contributed by atoms with Crippen molar-refractivity contribution in [2.24, 2.45) is 10.8 Å². The zero-order chi connectivity index (χ0) is 22.9. The van der Waals surface area contributed by atoms with Crippen LogP contribution < -0.4 is 0 Å². The van der Waals surface area contributed by atoms with Crippen LogP contribution in [0.4, 0.5) is 0 Å². The molecule has 5 heteroatoms. The molecular weight excluding hydrogens is 396 g/mol. The number of ether oxygens (including phenoxy) is 1. The third-order valence-electron chi connectivity index (χ3n) is 7.61. The van der Waals surface area contributed by atoms with E-state index in [1.54, 1.807) is 0 Å². The smallest absolute Gasteiger partial charge is 0.147 e. The number of rotatable bonds is 21. The minimum absolute atomic E-state index is 0.169. The number of hydrogen-bond donors (Lipinski definition) is 1. The van der Waals surface area contributed by atoms with Gasteiger partial charge in [0, 0.05) is 26.1 Å². The summed E-state index contributed by atoms with van der Waals surface area (Å²) in [5.74, 6) is 0.308. The average Bonchev–Trinajstić information content (AvgIpc) is 2.73. The largest absolute Gasteiger partial charge is 0.396 e. The van der Waals surface area contributed by atoms with Gasteiger partial charge in [-0.3, -0.25) is 0 Å². The van der Waals surface area contributed by atoms with Crippen molar-refractivity contribution in [2.45, 2.75) is 118 Å². The van der Waals surface area contributed by atoms with E-state index in [4.69, 9.17) is 9.84 Å². The van der Waals surface area contributed by atoms with E-state index in [1.165, 1.54) is 38.4 Å². The Hall–Kier alpha value is -0.130. The summed E-state index contributed by atoms with van der Waals surface area (Å²) in [5.41, 5.74) is 0.619. The molecule has 4 nitrogen and oxygen atoms in total. The van der Waals surface area contributed by atoms with Crippen molar-refractivity contribution in [3.05, 3.63) is 0 Å². The van der Waals surface area contributed by atoms with Gasteiger partial charge >= 0.3 is 0 Å². The molecule has 0 aromatic heterocycles. The summed E-state index contributed by atoms with van der Waals surface area (Å²) in [6, 6.07) is 0. The molecule has 182 valence electrons. The minimum atomic E-state index is -2.88. The van der Waals surface area contributed by atoms with Gasteiger partial charge in [-0.1, -0.05) is 72.6 Å².